The lowest BCUT2D eigenvalue weighted by Crippen LogP contribution is -1.96. The van der Waals surface area contributed by atoms with Crippen LogP contribution in [0.2, 0.25) is 0 Å². The number of aliphatic hydroxyl groups excluding tert-OH is 1. The molecule has 0 aliphatic heterocycles. The standard InChI is InChI=1S/C14H12OS/c1-11-4-2-3-5-13(11)14(15)7-6-12-8-9-16-10-12/h2-5,8-10,14-15H,1H3. The van der Waals surface area contributed by atoms with E-state index in [2.05, 4.69) is 11.8 Å². The second kappa shape index (κ2) is 4.98. The summed E-state index contributed by atoms with van der Waals surface area (Å²) in [5.74, 6) is 5.81. The average Bonchev–Trinajstić information content (AvgIpc) is 2.79. The summed E-state index contributed by atoms with van der Waals surface area (Å²) in [6.45, 7) is 1.98. The fourth-order valence-electron chi connectivity index (χ4n) is 1.46. The quantitative estimate of drug-likeness (QED) is 0.743. The van der Waals surface area contributed by atoms with E-state index in [9.17, 15) is 5.11 Å². The molecule has 0 spiro atoms. The number of hydrogen-bond acceptors (Lipinski definition) is 2. The molecular weight excluding hydrogens is 216 g/mol. The molecule has 0 radical (unpaired) electrons. The minimum absolute atomic E-state index is 0.707. The van der Waals surface area contributed by atoms with E-state index >= 15 is 0 Å². The summed E-state index contributed by atoms with van der Waals surface area (Å²) in [5, 5.41) is 13.9. The van der Waals surface area contributed by atoms with E-state index < -0.39 is 6.10 Å². The van der Waals surface area contributed by atoms with Crippen molar-refractivity contribution in [2.75, 3.05) is 0 Å². The highest BCUT2D eigenvalue weighted by molar-refractivity contribution is 7.08. The Hall–Kier alpha value is -1.56. The first-order valence-corrected chi connectivity index (χ1v) is 5.99. The van der Waals surface area contributed by atoms with Gasteiger partial charge in [0.05, 0.1) is 0 Å². The van der Waals surface area contributed by atoms with Gasteiger partial charge in [-0.25, -0.2) is 0 Å². The molecule has 0 amide bonds. The van der Waals surface area contributed by atoms with Gasteiger partial charge in [0.2, 0.25) is 0 Å². The van der Waals surface area contributed by atoms with Crippen LogP contribution in [0.25, 0.3) is 0 Å². The lowest BCUT2D eigenvalue weighted by molar-refractivity contribution is 0.237. The van der Waals surface area contributed by atoms with Crippen LogP contribution in [0.5, 0.6) is 0 Å². The van der Waals surface area contributed by atoms with E-state index in [0.717, 1.165) is 16.7 Å². The van der Waals surface area contributed by atoms with E-state index in [4.69, 9.17) is 0 Å². The third kappa shape index (κ3) is 2.52. The van der Waals surface area contributed by atoms with Gasteiger partial charge in [-0.3, -0.25) is 0 Å². The molecule has 2 heteroatoms. The number of hydrogen-bond donors (Lipinski definition) is 1. The zero-order chi connectivity index (χ0) is 11.4. The van der Waals surface area contributed by atoms with E-state index in [0.29, 0.717) is 0 Å². The Labute approximate surface area is 99.4 Å². The first kappa shape index (κ1) is 10.9. The lowest BCUT2D eigenvalue weighted by atomic mass is 10.0. The normalized spacial score (nSPS) is 11.6. The summed E-state index contributed by atoms with van der Waals surface area (Å²) >= 11 is 1.61. The van der Waals surface area contributed by atoms with Gasteiger partial charge in [0.15, 0.2) is 0 Å². The molecule has 1 unspecified atom stereocenters. The number of rotatable bonds is 1. The van der Waals surface area contributed by atoms with Crippen LogP contribution in [0.1, 0.15) is 22.8 Å². The molecule has 0 saturated carbocycles. The number of thiophene rings is 1. The van der Waals surface area contributed by atoms with E-state index in [1.54, 1.807) is 11.3 Å². The Morgan fingerprint density at radius 1 is 1.25 bits per heavy atom. The summed E-state index contributed by atoms with van der Waals surface area (Å²) in [4.78, 5) is 0. The zero-order valence-corrected chi connectivity index (χ0v) is 9.79. The van der Waals surface area contributed by atoms with E-state index in [-0.39, 0.29) is 0 Å². The van der Waals surface area contributed by atoms with Crippen molar-refractivity contribution in [2.24, 2.45) is 0 Å². The van der Waals surface area contributed by atoms with Gasteiger partial charge in [0, 0.05) is 10.9 Å². The summed E-state index contributed by atoms with van der Waals surface area (Å²) in [7, 11) is 0. The molecule has 0 bridgehead atoms. The summed E-state index contributed by atoms with van der Waals surface area (Å²) < 4.78 is 0. The highest BCUT2D eigenvalue weighted by atomic mass is 32.1. The fraction of sp³-hybridized carbons (Fsp3) is 0.143. The molecule has 1 aromatic heterocycles. The van der Waals surface area contributed by atoms with E-state index in [1.807, 2.05) is 48.0 Å². The monoisotopic (exact) mass is 228 g/mol. The van der Waals surface area contributed by atoms with E-state index in [1.165, 1.54) is 0 Å². The number of aliphatic hydroxyl groups is 1. The fourth-order valence-corrected chi connectivity index (χ4v) is 2.05. The van der Waals surface area contributed by atoms with Crippen molar-refractivity contribution in [3.8, 4) is 11.8 Å². The average molecular weight is 228 g/mol. The van der Waals surface area contributed by atoms with Gasteiger partial charge in [0.1, 0.15) is 6.10 Å². The predicted molar refractivity (Wildman–Crippen MR) is 67.3 cm³/mol. The van der Waals surface area contributed by atoms with Gasteiger partial charge >= 0.3 is 0 Å². The Kier molecular flexibility index (Phi) is 3.40. The van der Waals surface area contributed by atoms with Gasteiger partial charge in [-0.15, -0.1) is 0 Å². The Morgan fingerprint density at radius 2 is 2.06 bits per heavy atom. The second-order valence-corrected chi connectivity index (χ2v) is 4.32. The molecule has 0 fully saturated rings. The molecule has 2 aromatic rings. The smallest absolute Gasteiger partial charge is 0.140 e. The van der Waals surface area contributed by atoms with Crippen LogP contribution in [0.3, 0.4) is 0 Å². The summed E-state index contributed by atoms with van der Waals surface area (Å²) in [5.41, 5.74) is 2.90. The van der Waals surface area contributed by atoms with Crippen molar-refractivity contribution in [1.82, 2.24) is 0 Å². The maximum Gasteiger partial charge on any atom is 0.140 e. The molecular formula is C14H12OS. The predicted octanol–water partition coefficient (Wildman–Crippen LogP) is 3.14. The third-order valence-corrected chi connectivity index (χ3v) is 3.04. The molecule has 0 aliphatic carbocycles. The second-order valence-electron chi connectivity index (χ2n) is 3.54. The van der Waals surface area contributed by atoms with Crippen LogP contribution in [-0.2, 0) is 0 Å². The Bertz CT molecular complexity index is 517. The van der Waals surface area contributed by atoms with Crippen molar-refractivity contribution in [3.63, 3.8) is 0 Å². The van der Waals surface area contributed by atoms with Crippen molar-refractivity contribution < 1.29 is 5.11 Å². The van der Waals surface area contributed by atoms with Crippen molar-refractivity contribution in [3.05, 3.63) is 57.8 Å². The van der Waals surface area contributed by atoms with Gasteiger partial charge in [-0.2, -0.15) is 11.3 Å². The number of aryl methyl sites for hydroxylation is 1. The molecule has 80 valence electrons. The third-order valence-electron chi connectivity index (χ3n) is 2.36. The molecule has 1 aromatic carbocycles. The zero-order valence-electron chi connectivity index (χ0n) is 8.97. The van der Waals surface area contributed by atoms with Crippen molar-refractivity contribution in [1.29, 1.82) is 0 Å². The first-order chi connectivity index (χ1) is 7.77. The molecule has 0 aliphatic rings. The minimum Gasteiger partial charge on any atom is -0.376 e. The van der Waals surface area contributed by atoms with Crippen LogP contribution in [0.4, 0.5) is 0 Å². The van der Waals surface area contributed by atoms with Crippen molar-refractivity contribution >= 4 is 11.3 Å². The maximum atomic E-state index is 9.93. The highest BCUT2D eigenvalue weighted by Gasteiger charge is 2.05. The van der Waals surface area contributed by atoms with Gasteiger partial charge in [0.25, 0.3) is 0 Å². The van der Waals surface area contributed by atoms with Gasteiger partial charge in [-0.05, 0) is 29.5 Å². The van der Waals surface area contributed by atoms with Crippen LogP contribution in [0.15, 0.2) is 41.1 Å². The topological polar surface area (TPSA) is 20.2 Å². The summed E-state index contributed by atoms with van der Waals surface area (Å²) in [6.07, 6.45) is -0.707. The Morgan fingerprint density at radius 3 is 2.75 bits per heavy atom. The van der Waals surface area contributed by atoms with Crippen LogP contribution < -0.4 is 0 Å². The lowest BCUT2D eigenvalue weighted by Gasteiger charge is -2.06. The van der Waals surface area contributed by atoms with Crippen LogP contribution in [-0.4, -0.2) is 5.11 Å². The first-order valence-electron chi connectivity index (χ1n) is 5.04. The highest BCUT2D eigenvalue weighted by Crippen LogP contribution is 2.16. The number of benzene rings is 1. The molecule has 0 saturated heterocycles. The molecule has 1 N–H and O–H groups in total. The Balaban J connectivity index is 2.21. The molecule has 1 heterocycles. The van der Waals surface area contributed by atoms with Gasteiger partial charge < -0.3 is 5.11 Å². The SMILES string of the molecule is Cc1ccccc1C(O)C#Cc1ccsc1. The summed E-state index contributed by atoms with van der Waals surface area (Å²) in [6, 6.07) is 9.70. The molecule has 1 nitrogen and oxygen atoms in total. The largest absolute Gasteiger partial charge is 0.376 e. The molecule has 16 heavy (non-hydrogen) atoms. The molecule has 2 rings (SSSR count). The van der Waals surface area contributed by atoms with Crippen LogP contribution >= 0.6 is 11.3 Å². The molecule has 1 atom stereocenters. The minimum atomic E-state index is -0.707. The van der Waals surface area contributed by atoms with Crippen molar-refractivity contribution in [2.45, 2.75) is 13.0 Å². The van der Waals surface area contributed by atoms with Crippen LogP contribution in [0, 0.1) is 18.8 Å². The van der Waals surface area contributed by atoms with Gasteiger partial charge in [-0.1, -0.05) is 36.1 Å². The maximum absolute atomic E-state index is 9.93.